The van der Waals surface area contributed by atoms with Crippen LogP contribution in [-0.4, -0.2) is 8.07 Å². The lowest BCUT2D eigenvalue weighted by Gasteiger charge is -2.47. The van der Waals surface area contributed by atoms with Gasteiger partial charge in [0.05, 0.1) is 11.4 Å². The fraction of sp³-hybridized carbons (Fsp3) is 0.125. The van der Waals surface area contributed by atoms with Crippen molar-refractivity contribution < 1.29 is 0 Å². The Bertz CT molecular complexity index is 2700. The zero-order chi connectivity index (χ0) is 33.3. The number of benzene rings is 7. The first-order chi connectivity index (χ1) is 25.3. The number of hydrogen-bond donors (Lipinski definition) is 0. The molecule has 4 heterocycles. The SMILES string of the molecule is c1ccc2c(c1)-c1ccccc1[Si]21c2ccccc2-c2ccc(N3c4ccccc4C4(CCCCC4)c4cc5sc6ccccc6c5cc43)cc21. The molecule has 1 saturated carbocycles. The van der Waals surface area contributed by atoms with Gasteiger partial charge in [0.25, 0.3) is 0 Å². The summed E-state index contributed by atoms with van der Waals surface area (Å²) in [5.41, 5.74) is 12.7. The molecule has 1 aliphatic carbocycles. The first-order valence-corrected chi connectivity index (χ1v) is 21.4. The molecule has 0 radical (unpaired) electrons. The molecule has 1 fully saturated rings. The van der Waals surface area contributed by atoms with Crippen molar-refractivity contribution in [1.82, 2.24) is 0 Å². The highest BCUT2D eigenvalue weighted by molar-refractivity contribution is 7.26. The molecule has 3 heteroatoms. The van der Waals surface area contributed by atoms with E-state index in [2.05, 4.69) is 157 Å². The molecule has 4 aliphatic rings. The Morgan fingerprint density at radius 1 is 0.451 bits per heavy atom. The van der Waals surface area contributed by atoms with Gasteiger partial charge < -0.3 is 4.90 Å². The number of para-hydroxylation sites is 1. The molecule has 7 aromatic carbocycles. The third-order valence-electron chi connectivity index (χ3n) is 12.9. The van der Waals surface area contributed by atoms with Crippen LogP contribution in [0.5, 0.6) is 0 Å². The number of nitrogens with zero attached hydrogens (tertiary/aromatic N) is 1. The van der Waals surface area contributed by atoms with Gasteiger partial charge in [0.2, 0.25) is 0 Å². The molecule has 1 nitrogen and oxygen atoms in total. The Kier molecular flexibility index (Phi) is 5.69. The van der Waals surface area contributed by atoms with Gasteiger partial charge in [-0.2, -0.15) is 0 Å². The minimum absolute atomic E-state index is 0.0390. The Hall–Kier alpha value is -5.22. The first kappa shape index (κ1) is 28.5. The summed E-state index contributed by atoms with van der Waals surface area (Å²) in [5, 5.41) is 8.86. The van der Waals surface area contributed by atoms with E-state index in [0.29, 0.717) is 0 Å². The van der Waals surface area contributed by atoms with Crippen LogP contribution in [0.4, 0.5) is 17.1 Å². The van der Waals surface area contributed by atoms with Crippen LogP contribution in [0.15, 0.2) is 152 Å². The number of anilines is 3. The first-order valence-electron chi connectivity index (χ1n) is 18.6. The Morgan fingerprint density at radius 2 is 1.06 bits per heavy atom. The van der Waals surface area contributed by atoms with Crippen LogP contribution < -0.4 is 25.6 Å². The van der Waals surface area contributed by atoms with Crippen LogP contribution in [0.1, 0.15) is 43.2 Å². The summed E-state index contributed by atoms with van der Waals surface area (Å²) in [6.45, 7) is 0. The second kappa shape index (κ2) is 10.2. The third kappa shape index (κ3) is 3.51. The molecule has 51 heavy (non-hydrogen) atoms. The molecule has 2 spiro atoms. The summed E-state index contributed by atoms with van der Waals surface area (Å²) in [7, 11) is -2.56. The van der Waals surface area contributed by atoms with E-state index in [1.54, 1.807) is 0 Å². The zero-order valence-electron chi connectivity index (χ0n) is 28.3. The highest BCUT2D eigenvalue weighted by atomic mass is 32.1. The summed E-state index contributed by atoms with van der Waals surface area (Å²) >= 11 is 1.96. The summed E-state index contributed by atoms with van der Waals surface area (Å²) in [5.74, 6) is 0. The molecule has 242 valence electrons. The normalized spacial score (nSPS) is 16.9. The van der Waals surface area contributed by atoms with Gasteiger partial charge in [-0.3, -0.25) is 0 Å². The van der Waals surface area contributed by atoms with Gasteiger partial charge in [0.15, 0.2) is 8.07 Å². The molecular weight excluding hydrogens is 651 g/mol. The minimum atomic E-state index is -2.56. The van der Waals surface area contributed by atoms with Crippen molar-refractivity contribution in [2.24, 2.45) is 0 Å². The Morgan fingerprint density at radius 3 is 1.78 bits per heavy atom. The molecule has 3 aliphatic heterocycles. The van der Waals surface area contributed by atoms with Crippen LogP contribution in [0.3, 0.4) is 0 Å². The van der Waals surface area contributed by atoms with Gasteiger partial charge in [-0.25, -0.2) is 0 Å². The van der Waals surface area contributed by atoms with Crippen LogP contribution in [-0.2, 0) is 5.41 Å². The molecule has 0 bridgehead atoms. The lowest BCUT2D eigenvalue weighted by Crippen LogP contribution is -2.70. The van der Waals surface area contributed by atoms with Crippen LogP contribution in [0.2, 0.25) is 0 Å². The van der Waals surface area contributed by atoms with E-state index in [9.17, 15) is 0 Å². The Balaban J connectivity index is 1.17. The van der Waals surface area contributed by atoms with Crippen molar-refractivity contribution in [3.05, 3.63) is 163 Å². The summed E-state index contributed by atoms with van der Waals surface area (Å²) < 4.78 is 2.78. The van der Waals surface area contributed by atoms with Crippen molar-refractivity contribution >= 4 is 77.4 Å². The molecule has 12 rings (SSSR count). The number of thiophene rings is 1. The monoisotopic (exact) mass is 685 g/mol. The highest BCUT2D eigenvalue weighted by Gasteiger charge is 2.54. The average molecular weight is 686 g/mol. The molecule has 0 N–H and O–H groups in total. The van der Waals surface area contributed by atoms with Gasteiger partial charge in [-0.05, 0) is 103 Å². The maximum Gasteiger partial charge on any atom is 0.182 e. The van der Waals surface area contributed by atoms with Crippen molar-refractivity contribution in [1.29, 1.82) is 0 Å². The second-order valence-corrected chi connectivity index (χ2v) is 19.8. The van der Waals surface area contributed by atoms with E-state index in [1.807, 2.05) is 11.3 Å². The van der Waals surface area contributed by atoms with E-state index >= 15 is 0 Å². The topological polar surface area (TPSA) is 3.24 Å². The van der Waals surface area contributed by atoms with Gasteiger partial charge in [0, 0.05) is 31.3 Å². The van der Waals surface area contributed by atoms with Crippen molar-refractivity contribution in [3.63, 3.8) is 0 Å². The lowest BCUT2D eigenvalue weighted by molar-refractivity contribution is 0.345. The fourth-order valence-electron chi connectivity index (χ4n) is 10.9. The molecular formula is C48H35NSSi. The molecule has 1 aromatic heterocycles. The molecule has 0 amide bonds. The van der Waals surface area contributed by atoms with E-state index in [1.165, 1.54) is 123 Å². The molecule has 0 atom stereocenters. The number of hydrogen-bond acceptors (Lipinski definition) is 2. The van der Waals surface area contributed by atoms with Gasteiger partial charge >= 0.3 is 0 Å². The average Bonchev–Trinajstić information content (AvgIpc) is 3.82. The summed E-state index contributed by atoms with van der Waals surface area (Å²) in [6, 6.07) is 58.9. The van der Waals surface area contributed by atoms with Crippen molar-refractivity contribution in [3.8, 4) is 22.3 Å². The number of fused-ring (bicyclic) bond motifs is 17. The van der Waals surface area contributed by atoms with Gasteiger partial charge in [-0.15, -0.1) is 11.3 Å². The fourth-order valence-corrected chi connectivity index (χ4v) is 17.6. The van der Waals surface area contributed by atoms with E-state index < -0.39 is 8.07 Å². The minimum Gasteiger partial charge on any atom is -0.310 e. The van der Waals surface area contributed by atoms with Crippen molar-refractivity contribution in [2.45, 2.75) is 37.5 Å². The van der Waals surface area contributed by atoms with Crippen LogP contribution in [0.25, 0.3) is 42.4 Å². The predicted molar refractivity (Wildman–Crippen MR) is 219 cm³/mol. The highest BCUT2D eigenvalue weighted by Crippen LogP contribution is 2.59. The zero-order valence-corrected chi connectivity index (χ0v) is 30.1. The van der Waals surface area contributed by atoms with Crippen molar-refractivity contribution in [2.75, 3.05) is 4.90 Å². The predicted octanol–water partition coefficient (Wildman–Crippen LogP) is 10.4. The quantitative estimate of drug-likeness (QED) is 0.156. The summed E-state index contributed by atoms with van der Waals surface area (Å²) in [6.07, 6.45) is 6.31. The smallest absolute Gasteiger partial charge is 0.182 e. The van der Waals surface area contributed by atoms with E-state index in [-0.39, 0.29) is 5.41 Å². The Labute approximate surface area is 303 Å². The lowest BCUT2D eigenvalue weighted by atomic mass is 9.62. The number of rotatable bonds is 1. The standard InChI is InChI=1S/C48H35NSSi/c1-12-26-48(27-13-1)38-18-6-7-19-40(38)49(41-29-37-32-14-2-8-20-42(32)50-43(37)30-39(41)48)31-24-25-36-35-17-5-11-23-46(35)51(47(36)28-31)44-21-9-3-15-33(44)34-16-4-10-22-45(34)51/h2-11,14-25,28-30H,1,12-13,26-27H2. The van der Waals surface area contributed by atoms with Gasteiger partial charge in [-0.1, -0.05) is 135 Å². The van der Waals surface area contributed by atoms with Crippen LogP contribution in [0, 0.1) is 0 Å². The molecule has 8 aromatic rings. The van der Waals surface area contributed by atoms with Crippen LogP contribution >= 0.6 is 11.3 Å². The largest absolute Gasteiger partial charge is 0.310 e. The molecule has 0 unspecified atom stereocenters. The second-order valence-electron chi connectivity index (χ2n) is 15.1. The van der Waals surface area contributed by atoms with Gasteiger partial charge in [0.1, 0.15) is 0 Å². The van der Waals surface area contributed by atoms with E-state index in [0.717, 1.165) is 0 Å². The van der Waals surface area contributed by atoms with E-state index in [4.69, 9.17) is 0 Å². The summed E-state index contributed by atoms with van der Waals surface area (Å²) in [4.78, 5) is 2.65. The maximum atomic E-state index is 2.65. The third-order valence-corrected chi connectivity index (χ3v) is 18.9. The maximum absolute atomic E-state index is 2.65. The molecule has 0 saturated heterocycles.